The number of rotatable bonds is 3. The standard InChI is InChI=1S/C18H18ClN2/c1-13(2)20-17-9-10-21(12-14-5-3-4-6-14)18-11-15(19)7-8-16(17)18/h3-11,13H,12H2,1-2H3. The Balaban J connectivity index is 2.10. The van der Waals surface area contributed by atoms with Crippen LogP contribution in [0, 0.1) is 31.6 Å². The Hall–Kier alpha value is -1.28. The Kier molecular flexibility index (Phi) is 4.34. The molecular weight excluding hydrogens is 280 g/mol. The van der Waals surface area contributed by atoms with Crippen molar-refractivity contribution in [3.63, 3.8) is 0 Å². The molecule has 1 fully saturated rings. The van der Waals surface area contributed by atoms with Crippen LogP contribution in [-0.2, 0) is 6.54 Å². The molecular formula is C18H18ClN2. The summed E-state index contributed by atoms with van der Waals surface area (Å²) in [7, 11) is 0. The number of benzene rings is 1. The summed E-state index contributed by atoms with van der Waals surface area (Å²) in [6.07, 6.45) is 10.5. The van der Waals surface area contributed by atoms with Gasteiger partial charge in [-0.05, 0) is 63.8 Å². The number of pyridine rings is 1. The van der Waals surface area contributed by atoms with Crippen molar-refractivity contribution < 1.29 is 0 Å². The lowest BCUT2D eigenvalue weighted by molar-refractivity contribution is 0.760. The van der Waals surface area contributed by atoms with Gasteiger partial charge in [-0.2, -0.15) is 0 Å². The minimum atomic E-state index is 0.273. The van der Waals surface area contributed by atoms with Gasteiger partial charge in [-0.3, -0.25) is 4.99 Å². The SMILES string of the molecule is CC(C)N=c1ccn(C[C]2[CH][CH][CH][CH]2)c2cc(Cl)ccc12. The van der Waals surface area contributed by atoms with Crippen LogP contribution in [0.3, 0.4) is 0 Å². The maximum absolute atomic E-state index is 6.19. The molecule has 1 aromatic heterocycles. The van der Waals surface area contributed by atoms with Gasteiger partial charge in [0, 0.05) is 35.1 Å². The number of halogens is 1. The third kappa shape index (κ3) is 3.32. The average Bonchev–Trinajstić information content (AvgIpc) is 2.94. The second kappa shape index (κ2) is 6.23. The van der Waals surface area contributed by atoms with Gasteiger partial charge in [-0.25, -0.2) is 0 Å². The van der Waals surface area contributed by atoms with Crippen LogP contribution in [0.4, 0.5) is 0 Å². The van der Waals surface area contributed by atoms with Gasteiger partial charge >= 0.3 is 0 Å². The van der Waals surface area contributed by atoms with Crippen LogP contribution in [0.2, 0.25) is 5.02 Å². The zero-order chi connectivity index (χ0) is 14.8. The largest absolute Gasteiger partial charge is 0.347 e. The molecule has 1 aliphatic rings. The Labute approximate surface area is 131 Å². The number of hydrogen-bond donors (Lipinski definition) is 0. The third-order valence-corrected chi connectivity index (χ3v) is 3.67. The molecule has 107 valence electrons. The van der Waals surface area contributed by atoms with E-state index in [0.717, 1.165) is 27.8 Å². The zero-order valence-corrected chi connectivity index (χ0v) is 13.0. The van der Waals surface area contributed by atoms with Crippen LogP contribution in [-0.4, -0.2) is 10.6 Å². The summed E-state index contributed by atoms with van der Waals surface area (Å²) in [4.78, 5) is 4.70. The predicted octanol–water partition coefficient (Wildman–Crippen LogP) is 4.01. The summed E-state index contributed by atoms with van der Waals surface area (Å²) in [5.41, 5.74) is 1.12. The monoisotopic (exact) mass is 297 g/mol. The molecule has 21 heavy (non-hydrogen) atoms. The molecule has 0 unspecified atom stereocenters. The van der Waals surface area contributed by atoms with Crippen molar-refractivity contribution in [2.24, 2.45) is 4.99 Å². The molecule has 0 aliphatic heterocycles. The summed E-state index contributed by atoms with van der Waals surface area (Å²) in [6.45, 7) is 5.02. The number of nitrogens with zero attached hydrogens (tertiary/aromatic N) is 2. The van der Waals surface area contributed by atoms with Crippen LogP contribution in [0.5, 0.6) is 0 Å². The van der Waals surface area contributed by atoms with Gasteiger partial charge in [-0.15, -0.1) is 0 Å². The minimum Gasteiger partial charge on any atom is -0.347 e. The van der Waals surface area contributed by atoms with Gasteiger partial charge in [0.05, 0.1) is 10.9 Å². The van der Waals surface area contributed by atoms with Crippen molar-refractivity contribution in [2.45, 2.75) is 26.4 Å². The molecule has 1 saturated carbocycles. The van der Waals surface area contributed by atoms with Crippen LogP contribution in [0.25, 0.3) is 10.9 Å². The molecule has 0 amide bonds. The fourth-order valence-electron chi connectivity index (χ4n) is 2.53. The Bertz CT molecular complexity index is 694. The number of aromatic nitrogens is 1. The molecule has 0 spiro atoms. The van der Waals surface area contributed by atoms with E-state index in [1.54, 1.807) is 0 Å². The first-order chi connectivity index (χ1) is 10.1. The van der Waals surface area contributed by atoms with E-state index >= 15 is 0 Å². The summed E-state index contributed by atoms with van der Waals surface area (Å²) in [6, 6.07) is 8.35. The quantitative estimate of drug-likeness (QED) is 0.814. The van der Waals surface area contributed by atoms with E-state index in [-0.39, 0.29) is 6.04 Å². The highest BCUT2D eigenvalue weighted by molar-refractivity contribution is 6.31. The van der Waals surface area contributed by atoms with Gasteiger partial charge in [0.25, 0.3) is 0 Å². The van der Waals surface area contributed by atoms with Crippen molar-refractivity contribution >= 4 is 22.5 Å². The van der Waals surface area contributed by atoms with E-state index in [1.165, 1.54) is 5.92 Å². The summed E-state index contributed by atoms with van der Waals surface area (Å²) < 4.78 is 2.22. The van der Waals surface area contributed by atoms with Gasteiger partial charge in [0.2, 0.25) is 0 Å². The molecule has 3 heteroatoms. The van der Waals surface area contributed by atoms with Gasteiger partial charge in [-0.1, -0.05) is 11.6 Å². The number of fused-ring (bicyclic) bond motifs is 1. The van der Waals surface area contributed by atoms with E-state index in [1.807, 2.05) is 12.1 Å². The Morgan fingerprint density at radius 3 is 2.62 bits per heavy atom. The normalized spacial score (nSPS) is 17.2. The highest BCUT2D eigenvalue weighted by Gasteiger charge is 2.17. The molecule has 1 aliphatic carbocycles. The lowest BCUT2D eigenvalue weighted by Gasteiger charge is -2.15. The van der Waals surface area contributed by atoms with Crippen LogP contribution >= 0.6 is 11.6 Å². The van der Waals surface area contributed by atoms with Crippen molar-refractivity contribution in [3.8, 4) is 0 Å². The molecule has 5 radical (unpaired) electrons. The fraction of sp³-hybridized carbons (Fsp3) is 0.222. The summed E-state index contributed by atoms with van der Waals surface area (Å²) in [5, 5.41) is 2.91. The maximum Gasteiger partial charge on any atom is 0.0685 e. The van der Waals surface area contributed by atoms with Gasteiger partial charge in [0.15, 0.2) is 0 Å². The van der Waals surface area contributed by atoms with Crippen molar-refractivity contribution in [3.05, 3.63) is 72.4 Å². The smallest absolute Gasteiger partial charge is 0.0685 e. The van der Waals surface area contributed by atoms with E-state index in [2.05, 4.69) is 62.4 Å². The molecule has 2 aromatic rings. The first-order valence-corrected chi connectivity index (χ1v) is 7.54. The molecule has 0 bridgehead atoms. The molecule has 1 aromatic carbocycles. The number of hydrogen-bond acceptors (Lipinski definition) is 1. The highest BCUT2D eigenvalue weighted by Crippen LogP contribution is 2.26. The average molecular weight is 298 g/mol. The third-order valence-electron chi connectivity index (χ3n) is 3.44. The predicted molar refractivity (Wildman–Crippen MR) is 88.1 cm³/mol. The second-order valence-corrected chi connectivity index (χ2v) is 5.94. The highest BCUT2D eigenvalue weighted by atomic mass is 35.5. The lowest BCUT2D eigenvalue weighted by Crippen LogP contribution is -2.14. The second-order valence-electron chi connectivity index (χ2n) is 5.51. The van der Waals surface area contributed by atoms with E-state index in [4.69, 9.17) is 16.6 Å². The first-order valence-electron chi connectivity index (χ1n) is 7.16. The first kappa shape index (κ1) is 14.6. The maximum atomic E-state index is 6.19. The van der Waals surface area contributed by atoms with E-state index in [9.17, 15) is 0 Å². The lowest BCUT2D eigenvalue weighted by atomic mass is 10.1. The van der Waals surface area contributed by atoms with Crippen LogP contribution < -0.4 is 5.36 Å². The Morgan fingerprint density at radius 2 is 1.90 bits per heavy atom. The van der Waals surface area contributed by atoms with Crippen LogP contribution in [0.1, 0.15) is 13.8 Å². The topological polar surface area (TPSA) is 17.3 Å². The van der Waals surface area contributed by atoms with Crippen molar-refractivity contribution in [1.29, 1.82) is 0 Å². The van der Waals surface area contributed by atoms with E-state index < -0.39 is 0 Å². The summed E-state index contributed by atoms with van der Waals surface area (Å²) in [5.74, 6) is 1.29. The fourth-order valence-corrected chi connectivity index (χ4v) is 2.70. The Morgan fingerprint density at radius 1 is 1.14 bits per heavy atom. The van der Waals surface area contributed by atoms with Gasteiger partial charge < -0.3 is 4.57 Å². The molecule has 0 atom stereocenters. The molecule has 0 N–H and O–H groups in total. The molecule has 2 nitrogen and oxygen atoms in total. The van der Waals surface area contributed by atoms with Crippen molar-refractivity contribution in [1.82, 2.24) is 4.57 Å². The van der Waals surface area contributed by atoms with E-state index in [0.29, 0.717) is 0 Å². The van der Waals surface area contributed by atoms with Crippen LogP contribution in [0.15, 0.2) is 35.5 Å². The van der Waals surface area contributed by atoms with Gasteiger partial charge in [0.1, 0.15) is 0 Å². The molecule has 0 saturated heterocycles. The zero-order valence-electron chi connectivity index (χ0n) is 12.3. The molecule has 3 rings (SSSR count). The molecule has 1 heterocycles. The van der Waals surface area contributed by atoms with Crippen molar-refractivity contribution in [2.75, 3.05) is 0 Å². The minimum absolute atomic E-state index is 0.273. The summed E-state index contributed by atoms with van der Waals surface area (Å²) >= 11 is 6.19.